The molecule has 0 saturated carbocycles. The molecule has 9 nitrogen and oxygen atoms in total. The molecule has 0 radical (unpaired) electrons. The van der Waals surface area contributed by atoms with E-state index >= 15 is 0 Å². The topological polar surface area (TPSA) is 112 Å². The van der Waals surface area contributed by atoms with E-state index in [0.29, 0.717) is 19.4 Å². The van der Waals surface area contributed by atoms with Gasteiger partial charge in [-0.15, -0.1) is 0 Å². The third kappa shape index (κ3) is 42.4. The van der Waals surface area contributed by atoms with Crippen LogP contribution in [0.2, 0.25) is 0 Å². The number of phosphoric ester groups is 1. The van der Waals surface area contributed by atoms with Crippen molar-refractivity contribution in [3.8, 4) is 0 Å². The zero-order chi connectivity index (χ0) is 41.9. The van der Waals surface area contributed by atoms with Crippen LogP contribution in [0.25, 0.3) is 0 Å². The van der Waals surface area contributed by atoms with Gasteiger partial charge in [0.15, 0.2) is 6.10 Å². The normalized spacial score (nSPS) is 14.4. The van der Waals surface area contributed by atoms with Crippen molar-refractivity contribution in [2.45, 2.75) is 148 Å². The predicted molar refractivity (Wildman–Crippen MR) is 238 cm³/mol. The number of hydrogen-bond acceptors (Lipinski definition) is 8. The Morgan fingerprint density at radius 2 is 1.00 bits per heavy atom. The average molecular weight is 816 g/mol. The molecule has 10 heteroatoms. The van der Waals surface area contributed by atoms with Crippen molar-refractivity contribution in [2.24, 2.45) is 0 Å². The molecule has 1 N–H and O–H groups in total. The molecule has 0 heterocycles. The van der Waals surface area contributed by atoms with Crippen molar-refractivity contribution in [2.75, 3.05) is 40.5 Å². The molecule has 0 spiro atoms. The number of hydrogen-bond donors (Lipinski definition) is 1. The first-order chi connectivity index (χ1) is 27.7. The Balaban J connectivity index is 4.46. The van der Waals surface area contributed by atoms with E-state index in [1.165, 1.54) is 19.3 Å². The van der Waals surface area contributed by atoms with E-state index in [9.17, 15) is 19.0 Å². The highest BCUT2D eigenvalue weighted by Gasteiger charge is 2.26. The fourth-order valence-corrected chi connectivity index (χ4v) is 5.81. The van der Waals surface area contributed by atoms with Gasteiger partial charge < -0.3 is 19.3 Å². The molecule has 0 amide bonds. The number of esters is 2. The molecule has 0 aliphatic rings. The third-order valence-corrected chi connectivity index (χ3v) is 9.36. The Hall–Kier alpha value is -3.07. The van der Waals surface area contributed by atoms with Crippen LogP contribution in [0.1, 0.15) is 142 Å². The summed E-state index contributed by atoms with van der Waals surface area (Å²) in [5, 5.41) is 0. The summed E-state index contributed by atoms with van der Waals surface area (Å²) >= 11 is 0. The molecule has 0 aliphatic carbocycles. The number of rotatable bonds is 38. The quantitative estimate of drug-likeness (QED) is 0.0282. The molecule has 0 rings (SSSR count). The zero-order valence-corrected chi connectivity index (χ0v) is 36.9. The standard InChI is InChI=1S/C47H78NO8P/c1-5-7-9-11-13-15-17-19-21-22-23-24-26-28-30-32-34-36-38-40-47(50)56-45(44-55-57(51,52)54-42-41-48(3)4)43-53-46(49)39-37-35-33-31-29-27-25-20-18-16-14-12-10-8-6-2/h7,9,13-16,19-21,23-25,28-31,45H,5-6,8,10-12,17-18,22,26-27,32-44H2,1-4H3,(H,51,52)/b9-7-,15-13-,16-14-,21-19-,24-23-,25-20-,30-28-,31-29-. The number of carbonyl (C=O) groups is 2. The van der Waals surface area contributed by atoms with E-state index in [0.717, 1.165) is 83.5 Å². The summed E-state index contributed by atoms with van der Waals surface area (Å²) in [5.74, 6) is -0.897. The highest BCUT2D eigenvalue weighted by atomic mass is 31.2. The van der Waals surface area contributed by atoms with Gasteiger partial charge in [-0.25, -0.2) is 4.57 Å². The van der Waals surface area contributed by atoms with Gasteiger partial charge in [0.25, 0.3) is 0 Å². The molecular weight excluding hydrogens is 737 g/mol. The Morgan fingerprint density at radius 1 is 0.561 bits per heavy atom. The van der Waals surface area contributed by atoms with E-state index in [4.69, 9.17) is 18.5 Å². The zero-order valence-electron chi connectivity index (χ0n) is 36.0. The van der Waals surface area contributed by atoms with Gasteiger partial charge in [-0.1, -0.05) is 130 Å². The predicted octanol–water partition coefficient (Wildman–Crippen LogP) is 12.4. The first-order valence-electron chi connectivity index (χ1n) is 21.5. The Kier molecular flexibility index (Phi) is 38.9. The third-order valence-electron chi connectivity index (χ3n) is 8.37. The second-order valence-electron chi connectivity index (χ2n) is 14.1. The van der Waals surface area contributed by atoms with Gasteiger partial charge in [0.05, 0.1) is 13.2 Å². The average Bonchev–Trinajstić information content (AvgIpc) is 3.18. The van der Waals surface area contributed by atoms with Gasteiger partial charge in [-0.05, 0) is 110 Å². The van der Waals surface area contributed by atoms with Crippen LogP contribution in [0.3, 0.4) is 0 Å². The van der Waals surface area contributed by atoms with Crippen molar-refractivity contribution in [3.05, 3.63) is 97.2 Å². The van der Waals surface area contributed by atoms with Crippen LogP contribution in [0.15, 0.2) is 97.2 Å². The first-order valence-corrected chi connectivity index (χ1v) is 23.0. The molecule has 0 aromatic carbocycles. The fourth-order valence-electron chi connectivity index (χ4n) is 5.07. The molecular formula is C47H78NO8P. The summed E-state index contributed by atoms with van der Waals surface area (Å²) in [6, 6.07) is 0. The van der Waals surface area contributed by atoms with Gasteiger partial charge in [0.2, 0.25) is 0 Å². The summed E-state index contributed by atoms with van der Waals surface area (Å²) < 4.78 is 33.4. The van der Waals surface area contributed by atoms with Gasteiger partial charge >= 0.3 is 19.8 Å². The number of allylic oxidation sites excluding steroid dienone is 16. The van der Waals surface area contributed by atoms with E-state index in [2.05, 4.69) is 111 Å². The minimum atomic E-state index is -4.39. The van der Waals surface area contributed by atoms with Gasteiger partial charge in [-0.3, -0.25) is 18.6 Å². The molecule has 0 saturated heterocycles. The SMILES string of the molecule is CC/C=C\C/C=C\C/C=C\C/C=C\C/C=C\CCCCCC(=O)OC(COC(=O)CCCC/C=C\C/C=C\C/C=C\CCCCC)COP(=O)(O)OCCN(C)C. The molecule has 2 unspecified atom stereocenters. The highest BCUT2D eigenvalue weighted by Crippen LogP contribution is 2.43. The first kappa shape index (κ1) is 53.9. The van der Waals surface area contributed by atoms with Crippen molar-refractivity contribution in [1.29, 1.82) is 0 Å². The molecule has 324 valence electrons. The second-order valence-corrected chi connectivity index (χ2v) is 15.6. The lowest BCUT2D eigenvalue weighted by Crippen LogP contribution is -2.29. The fraction of sp³-hybridized carbons (Fsp3) is 0.617. The summed E-state index contributed by atoms with van der Waals surface area (Å²) in [4.78, 5) is 37.0. The summed E-state index contributed by atoms with van der Waals surface area (Å²) in [5.41, 5.74) is 0. The number of phosphoric acid groups is 1. The molecule has 2 atom stereocenters. The van der Waals surface area contributed by atoms with Crippen LogP contribution in [-0.2, 0) is 32.7 Å². The largest absolute Gasteiger partial charge is 0.472 e. The number of likely N-dealkylation sites (N-methyl/N-ethyl adjacent to an activating group) is 1. The lowest BCUT2D eigenvalue weighted by Gasteiger charge is -2.20. The molecule has 0 aromatic rings. The van der Waals surface area contributed by atoms with Gasteiger partial charge in [-0.2, -0.15) is 0 Å². The van der Waals surface area contributed by atoms with E-state index in [1.54, 1.807) is 4.90 Å². The van der Waals surface area contributed by atoms with Crippen LogP contribution in [0, 0.1) is 0 Å². The van der Waals surface area contributed by atoms with Crippen LogP contribution in [0.5, 0.6) is 0 Å². The maximum atomic E-state index is 12.6. The minimum Gasteiger partial charge on any atom is -0.462 e. The molecule has 0 aliphatic heterocycles. The van der Waals surface area contributed by atoms with Gasteiger partial charge in [0, 0.05) is 19.4 Å². The van der Waals surface area contributed by atoms with Crippen LogP contribution in [-0.4, -0.2) is 68.3 Å². The summed E-state index contributed by atoms with van der Waals surface area (Å²) in [7, 11) is -0.762. The maximum Gasteiger partial charge on any atom is 0.472 e. The lowest BCUT2D eigenvalue weighted by molar-refractivity contribution is -0.161. The van der Waals surface area contributed by atoms with E-state index < -0.39 is 32.5 Å². The van der Waals surface area contributed by atoms with Crippen LogP contribution >= 0.6 is 7.82 Å². The van der Waals surface area contributed by atoms with Crippen molar-refractivity contribution in [1.82, 2.24) is 4.90 Å². The molecule has 0 bridgehead atoms. The molecule has 0 fully saturated rings. The minimum absolute atomic E-state index is 0.0113. The molecule has 57 heavy (non-hydrogen) atoms. The van der Waals surface area contributed by atoms with Crippen molar-refractivity contribution >= 4 is 19.8 Å². The number of carbonyl (C=O) groups excluding carboxylic acids is 2. The van der Waals surface area contributed by atoms with Crippen LogP contribution in [0.4, 0.5) is 0 Å². The van der Waals surface area contributed by atoms with Crippen LogP contribution < -0.4 is 0 Å². The molecule has 0 aromatic heterocycles. The van der Waals surface area contributed by atoms with E-state index in [1.807, 2.05) is 14.1 Å². The number of nitrogens with zero attached hydrogens (tertiary/aromatic N) is 1. The highest BCUT2D eigenvalue weighted by molar-refractivity contribution is 7.47. The van der Waals surface area contributed by atoms with E-state index in [-0.39, 0.29) is 26.1 Å². The van der Waals surface area contributed by atoms with Gasteiger partial charge in [0.1, 0.15) is 6.61 Å². The van der Waals surface area contributed by atoms with Crippen molar-refractivity contribution < 1.29 is 37.6 Å². The van der Waals surface area contributed by atoms with Crippen molar-refractivity contribution in [3.63, 3.8) is 0 Å². The number of unbranched alkanes of at least 4 members (excludes halogenated alkanes) is 8. The lowest BCUT2D eigenvalue weighted by atomic mass is 10.1. The Morgan fingerprint density at radius 3 is 1.49 bits per heavy atom. The summed E-state index contributed by atoms with van der Waals surface area (Å²) in [6.45, 7) is 4.06. The monoisotopic (exact) mass is 816 g/mol. The Bertz CT molecular complexity index is 1260. The smallest absolute Gasteiger partial charge is 0.462 e. The second kappa shape index (κ2) is 41.1. The number of ether oxygens (including phenoxy) is 2. The Labute approximate surface area is 347 Å². The maximum absolute atomic E-state index is 12.6. The summed E-state index contributed by atoms with van der Waals surface area (Å²) in [6.07, 6.45) is 51.7.